The van der Waals surface area contributed by atoms with Gasteiger partial charge in [-0.1, -0.05) is 42.5 Å². The topological polar surface area (TPSA) is 56.5 Å². The van der Waals surface area contributed by atoms with Crippen LogP contribution in [0, 0.1) is 0 Å². The van der Waals surface area contributed by atoms with Gasteiger partial charge in [-0.2, -0.15) is 0 Å². The van der Waals surface area contributed by atoms with Crippen LogP contribution in [0.1, 0.15) is 16.8 Å². The Labute approximate surface area is 127 Å². The molecule has 0 aliphatic heterocycles. The quantitative estimate of drug-likeness (QED) is 0.534. The van der Waals surface area contributed by atoms with Crippen molar-refractivity contribution in [2.45, 2.75) is 6.42 Å². The van der Waals surface area contributed by atoms with Gasteiger partial charge < -0.3 is 9.15 Å². The van der Waals surface area contributed by atoms with Gasteiger partial charge in [-0.3, -0.25) is 4.79 Å². The molecule has 3 rings (SSSR count). The van der Waals surface area contributed by atoms with Crippen molar-refractivity contribution in [2.24, 2.45) is 0 Å². The summed E-state index contributed by atoms with van der Waals surface area (Å²) in [7, 11) is 0. The first-order valence-corrected chi connectivity index (χ1v) is 6.98. The number of ether oxygens (including phenoxy) is 1. The van der Waals surface area contributed by atoms with Crippen LogP contribution in [0.25, 0.3) is 11.0 Å². The summed E-state index contributed by atoms with van der Waals surface area (Å²) in [5.41, 5.74) is 0.658. The highest BCUT2D eigenvalue weighted by molar-refractivity contribution is 5.96. The highest BCUT2D eigenvalue weighted by atomic mass is 16.5. The third-order valence-electron chi connectivity index (χ3n) is 3.29. The van der Waals surface area contributed by atoms with E-state index in [2.05, 4.69) is 0 Å². The summed E-state index contributed by atoms with van der Waals surface area (Å²) >= 11 is 0. The van der Waals surface area contributed by atoms with Crippen LogP contribution in [-0.2, 0) is 0 Å². The number of Topliss-reactive ketones (excluding diaryl/α,β-unsaturated/α-hetero) is 1. The zero-order chi connectivity index (χ0) is 15.4. The molecule has 0 atom stereocenters. The largest absolute Gasteiger partial charge is 0.492 e. The normalized spacial score (nSPS) is 10.5. The molecule has 0 unspecified atom stereocenters. The number of fused-ring (bicyclic) bond motifs is 1. The van der Waals surface area contributed by atoms with Gasteiger partial charge >= 0.3 is 5.63 Å². The minimum Gasteiger partial charge on any atom is -0.492 e. The fraction of sp³-hybridized carbons (Fsp3) is 0.111. The zero-order valence-corrected chi connectivity index (χ0v) is 11.8. The Hall–Kier alpha value is -2.88. The molecule has 4 heteroatoms. The lowest BCUT2D eigenvalue weighted by atomic mass is 10.1. The maximum atomic E-state index is 12.0. The molecule has 0 fully saturated rings. The van der Waals surface area contributed by atoms with Gasteiger partial charge in [0.25, 0.3) is 0 Å². The van der Waals surface area contributed by atoms with Gasteiger partial charge in [0.2, 0.25) is 0 Å². The monoisotopic (exact) mass is 294 g/mol. The van der Waals surface area contributed by atoms with Crippen molar-refractivity contribution in [3.63, 3.8) is 0 Å². The second-order valence-corrected chi connectivity index (χ2v) is 4.81. The number of ketones is 1. The van der Waals surface area contributed by atoms with E-state index in [4.69, 9.17) is 9.15 Å². The lowest BCUT2D eigenvalue weighted by Crippen LogP contribution is -2.08. The Balaban J connectivity index is 1.72. The minimum absolute atomic E-state index is 0.00729. The molecule has 4 nitrogen and oxygen atoms in total. The summed E-state index contributed by atoms with van der Waals surface area (Å²) in [6, 6.07) is 17.5. The molecular weight excluding hydrogens is 280 g/mol. The molecule has 0 amide bonds. The van der Waals surface area contributed by atoms with Crippen molar-refractivity contribution >= 4 is 16.8 Å². The Morgan fingerprint density at radius 2 is 1.73 bits per heavy atom. The molecule has 0 saturated carbocycles. The van der Waals surface area contributed by atoms with Gasteiger partial charge in [0.1, 0.15) is 11.3 Å². The predicted molar refractivity (Wildman–Crippen MR) is 83.4 cm³/mol. The Morgan fingerprint density at radius 3 is 2.55 bits per heavy atom. The van der Waals surface area contributed by atoms with Gasteiger partial charge in [0.15, 0.2) is 5.78 Å². The van der Waals surface area contributed by atoms with Crippen molar-refractivity contribution in [1.29, 1.82) is 0 Å². The van der Waals surface area contributed by atoms with Crippen LogP contribution in [0.4, 0.5) is 0 Å². The third-order valence-corrected chi connectivity index (χ3v) is 3.29. The van der Waals surface area contributed by atoms with Crippen LogP contribution in [0.15, 0.2) is 69.9 Å². The molecule has 0 spiro atoms. The van der Waals surface area contributed by atoms with Crippen LogP contribution >= 0.6 is 0 Å². The lowest BCUT2D eigenvalue weighted by molar-refractivity contribution is 0.0962. The van der Waals surface area contributed by atoms with E-state index in [1.54, 1.807) is 24.3 Å². The molecule has 0 bridgehead atoms. The smallest absolute Gasteiger partial charge is 0.339 e. The summed E-state index contributed by atoms with van der Waals surface area (Å²) in [4.78, 5) is 23.5. The summed E-state index contributed by atoms with van der Waals surface area (Å²) in [6.07, 6.45) is 0.249. The summed E-state index contributed by atoms with van der Waals surface area (Å²) in [6.45, 7) is 0.209. The van der Waals surface area contributed by atoms with E-state index in [9.17, 15) is 9.59 Å². The minimum atomic E-state index is -0.469. The van der Waals surface area contributed by atoms with E-state index in [0.717, 1.165) is 0 Å². The molecule has 1 aromatic heterocycles. The average Bonchev–Trinajstić information content (AvgIpc) is 2.55. The molecule has 2 aromatic carbocycles. The second kappa shape index (κ2) is 6.26. The average molecular weight is 294 g/mol. The van der Waals surface area contributed by atoms with E-state index in [0.29, 0.717) is 22.3 Å². The van der Waals surface area contributed by atoms with Crippen molar-refractivity contribution < 1.29 is 13.9 Å². The first kappa shape index (κ1) is 14.1. The number of hydrogen-bond acceptors (Lipinski definition) is 4. The predicted octanol–water partition coefficient (Wildman–Crippen LogP) is 3.44. The van der Waals surface area contributed by atoms with Crippen LogP contribution in [-0.4, -0.2) is 12.4 Å². The van der Waals surface area contributed by atoms with Gasteiger partial charge in [0.05, 0.1) is 18.1 Å². The summed E-state index contributed by atoms with van der Waals surface area (Å²) in [5.74, 6) is 0.445. The first-order chi connectivity index (χ1) is 10.7. The van der Waals surface area contributed by atoms with Crippen molar-refractivity contribution in [1.82, 2.24) is 0 Å². The number of hydrogen-bond donors (Lipinski definition) is 0. The number of carbonyl (C=O) groups excluding carboxylic acids is 1. The van der Waals surface area contributed by atoms with Crippen molar-refractivity contribution in [2.75, 3.05) is 6.61 Å². The van der Waals surface area contributed by atoms with E-state index >= 15 is 0 Å². The standard InChI is InChI=1S/C18H14O4/c19-15(13-6-2-1-3-7-13)10-11-21-17-12-18(20)22-16-9-5-4-8-14(16)17/h1-9,12H,10-11H2. The van der Waals surface area contributed by atoms with E-state index in [-0.39, 0.29) is 18.8 Å². The summed E-state index contributed by atoms with van der Waals surface area (Å²) in [5, 5.41) is 0.717. The van der Waals surface area contributed by atoms with Crippen LogP contribution < -0.4 is 10.4 Å². The SMILES string of the molecule is O=C(CCOc1cc(=O)oc2ccccc12)c1ccccc1. The Morgan fingerprint density at radius 1 is 1.00 bits per heavy atom. The lowest BCUT2D eigenvalue weighted by Gasteiger charge is -2.08. The van der Waals surface area contributed by atoms with Gasteiger partial charge in [-0.25, -0.2) is 4.79 Å². The van der Waals surface area contributed by atoms with Crippen LogP contribution in [0.5, 0.6) is 5.75 Å². The zero-order valence-electron chi connectivity index (χ0n) is 11.8. The second-order valence-electron chi connectivity index (χ2n) is 4.81. The van der Waals surface area contributed by atoms with Gasteiger partial charge in [0, 0.05) is 12.0 Å². The fourth-order valence-corrected chi connectivity index (χ4v) is 2.22. The molecule has 0 aliphatic rings. The van der Waals surface area contributed by atoms with Crippen LogP contribution in [0.2, 0.25) is 0 Å². The Kier molecular flexibility index (Phi) is 4.01. The molecule has 0 N–H and O–H groups in total. The molecule has 22 heavy (non-hydrogen) atoms. The fourth-order valence-electron chi connectivity index (χ4n) is 2.22. The van der Waals surface area contributed by atoms with Crippen LogP contribution in [0.3, 0.4) is 0 Å². The van der Waals surface area contributed by atoms with E-state index < -0.39 is 5.63 Å². The van der Waals surface area contributed by atoms with E-state index in [1.807, 2.05) is 30.3 Å². The molecular formula is C18H14O4. The van der Waals surface area contributed by atoms with Gasteiger partial charge in [-0.15, -0.1) is 0 Å². The molecule has 0 aliphatic carbocycles. The van der Waals surface area contributed by atoms with E-state index in [1.165, 1.54) is 6.07 Å². The maximum Gasteiger partial charge on any atom is 0.339 e. The molecule has 3 aromatic rings. The number of benzene rings is 2. The van der Waals surface area contributed by atoms with Crippen molar-refractivity contribution in [3.05, 3.63) is 76.6 Å². The highest BCUT2D eigenvalue weighted by Crippen LogP contribution is 2.23. The molecule has 110 valence electrons. The highest BCUT2D eigenvalue weighted by Gasteiger charge is 2.08. The number of rotatable bonds is 5. The molecule has 0 saturated heterocycles. The summed E-state index contributed by atoms with van der Waals surface area (Å²) < 4.78 is 10.7. The number of carbonyl (C=O) groups is 1. The maximum absolute atomic E-state index is 12.0. The van der Waals surface area contributed by atoms with Crippen molar-refractivity contribution in [3.8, 4) is 5.75 Å². The molecule has 0 radical (unpaired) electrons. The molecule has 1 heterocycles. The number of para-hydroxylation sites is 1. The van der Waals surface area contributed by atoms with Gasteiger partial charge in [-0.05, 0) is 12.1 Å². The third kappa shape index (κ3) is 3.06. The Bertz CT molecular complexity index is 850. The first-order valence-electron chi connectivity index (χ1n) is 6.98.